The van der Waals surface area contributed by atoms with Crippen molar-refractivity contribution in [3.8, 4) is 0 Å². The highest BCUT2D eigenvalue weighted by Gasteiger charge is 2.32. The quantitative estimate of drug-likeness (QED) is 0.0500. The van der Waals surface area contributed by atoms with Crippen molar-refractivity contribution in [1.29, 1.82) is 0 Å². The van der Waals surface area contributed by atoms with Gasteiger partial charge in [-0.15, -0.1) is 13.2 Å². The topological polar surface area (TPSA) is 144 Å². The van der Waals surface area contributed by atoms with Crippen LogP contribution < -0.4 is 10.6 Å². The van der Waals surface area contributed by atoms with Crippen LogP contribution in [0.1, 0.15) is 31.4 Å². The van der Waals surface area contributed by atoms with Crippen molar-refractivity contribution in [2.45, 2.75) is 33.4 Å². The van der Waals surface area contributed by atoms with Crippen LogP contribution in [0.2, 0.25) is 0 Å². The zero-order valence-corrected chi connectivity index (χ0v) is 23.3. The highest BCUT2D eigenvalue weighted by molar-refractivity contribution is 5.67. The van der Waals surface area contributed by atoms with Gasteiger partial charge in [0.2, 0.25) is 6.40 Å². The van der Waals surface area contributed by atoms with Gasteiger partial charge >= 0.3 is 12.2 Å². The number of benzene rings is 1. The molecule has 0 unspecified atom stereocenters. The Labute approximate surface area is 235 Å². The first-order valence-electron chi connectivity index (χ1n) is 12.8. The smallest absolute Gasteiger partial charge is 0.407 e. The van der Waals surface area contributed by atoms with Crippen molar-refractivity contribution in [3.05, 3.63) is 60.7 Å². The molecule has 13 nitrogen and oxygen atoms in total. The van der Waals surface area contributed by atoms with Crippen LogP contribution in [-0.4, -0.2) is 71.4 Å². The monoisotopic (exact) mass is 567 g/mol. The van der Waals surface area contributed by atoms with Gasteiger partial charge in [0.15, 0.2) is 0 Å². The molecule has 0 fully saturated rings. The Hall–Kier alpha value is -3.49. The number of nitrogens with one attached hydrogen (secondary N) is 2. The van der Waals surface area contributed by atoms with Crippen molar-refractivity contribution in [3.63, 3.8) is 0 Å². The lowest BCUT2D eigenvalue weighted by molar-refractivity contribution is -0.337. The Bertz CT molecular complexity index is 864. The van der Waals surface area contributed by atoms with E-state index in [0.29, 0.717) is 19.5 Å². The van der Waals surface area contributed by atoms with Crippen LogP contribution >= 0.6 is 0 Å². The largest absolute Gasteiger partial charge is 0.449 e. The molecule has 224 valence electrons. The summed E-state index contributed by atoms with van der Waals surface area (Å²) in [5, 5.41) is 5.22. The van der Waals surface area contributed by atoms with Crippen LogP contribution in [0.25, 0.3) is 0 Å². The van der Waals surface area contributed by atoms with Gasteiger partial charge in [0.1, 0.15) is 33.0 Å². The van der Waals surface area contributed by atoms with E-state index in [0.717, 1.165) is 11.1 Å². The minimum Gasteiger partial charge on any atom is -0.449 e. The number of carbonyl (C=O) groups excluding carboxylic acids is 2. The third-order valence-corrected chi connectivity index (χ3v) is 5.17. The molecule has 0 saturated heterocycles. The third kappa shape index (κ3) is 16.5. The van der Waals surface area contributed by atoms with Gasteiger partial charge in [0.05, 0.1) is 25.2 Å². The summed E-state index contributed by atoms with van der Waals surface area (Å²) in [6, 6.07) is 7.49. The molecule has 40 heavy (non-hydrogen) atoms. The first kappa shape index (κ1) is 34.5. The van der Waals surface area contributed by atoms with Crippen LogP contribution in [0.15, 0.2) is 54.6 Å². The molecular formula is C27H41N3O10. The summed E-state index contributed by atoms with van der Waals surface area (Å²) < 4.78 is 10.3. The van der Waals surface area contributed by atoms with E-state index in [9.17, 15) is 9.59 Å². The molecule has 2 amide bonds. The number of aliphatic imine (C=N–C) groups is 1. The van der Waals surface area contributed by atoms with E-state index in [4.69, 9.17) is 38.8 Å². The second-order valence-electron chi connectivity index (χ2n) is 8.30. The van der Waals surface area contributed by atoms with Gasteiger partial charge in [-0.05, 0) is 24.5 Å². The van der Waals surface area contributed by atoms with Gasteiger partial charge in [-0.1, -0.05) is 43.3 Å². The van der Waals surface area contributed by atoms with Gasteiger partial charge in [0, 0.05) is 13.1 Å². The number of alkyl carbamates (subject to hydrolysis) is 2. The van der Waals surface area contributed by atoms with Crippen LogP contribution in [0.3, 0.4) is 0 Å². The molecule has 2 N–H and O–H groups in total. The summed E-state index contributed by atoms with van der Waals surface area (Å²) >= 11 is 0. The highest BCUT2D eigenvalue weighted by atomic mass is 17.2. The molecule has 0 atom stereocenters. The molecule has 0 radical (unpaired) electrons. The second-order valence-corrected chi connectivity index (χ2v) is 8.30. The first-order chi connectivity index (χ1) is 19.5. The third-order valence-electron chi connectivity index (χ3n) is 5.17. The summed E-state index contributed by atoms with van der Waals surface area (Å²) in [5.74, 6) is 0. The lowest BCUT2D eigenvalue weighted by Crippen LogP contribution is -2.39. The van der Waals surface area contributed by atoms with Crippen molar-refractivity contribution in [2.75, 3.05) is 52.8 Å². The maximum Gasteiger partial charge on any atom is 0.407 e. The Morgan fingerprint density at radius 2 is 1.45 bits per heavy atom. The van der Waals surface area contributed by atoms with Crippen molar-refractivity contribution in [1.82, 2.24) is 10.6 Å². The molecule has 0 bridgehead atoms. The molecule has 1 aromatic rings. The molecule has 1 aromatic carbocycles. The summed E-state index contributed by atoms with van der Waals surface area (Å²) in [7, 11) is 0. The summed E-state index contributed by atoms with van der Waals surface area (Å²) in [6.07, 6.45) is 3.76. The molecule has 0 aliphatic carbocycles. The molecular weight excluding hydrogens is 526 g/mol. The van der Waals surface area contributed by atoms with Gasteiger partial charge in [-0.25, -0.2) is 29.1 Å². The highest BCUT2D eigenvalue weighted by Crippen LogP contribution is 2.24. The molecule has 13 heteroatoms. The van der Waals surface area contributed by atoms with Crippen LogP contribution in [0.4, 0.5) is 9.59 Å². The lowest BCUT2D eigenvalue weighted by atomic mass is 9.88. The Morgan fingerprint density at radius 1 is 0.825 bits per heavy atom. The van der Waals surface area contributed by atoms with Gasteiger partial charge in [0.25, 0.3) is 0 Å². The van der Waals surface area contributed by atoms with Crippen molar-refractivity contribution < 1.29 is 48.4 Å². The first-order valence-corrected chi connectivity index (χ1v) is 12.8. The molecule has 0 aliphatic rings. The number of rotatable bonds is 23. The number of carbonyl (C=O) groups is 2. The maximum atomic E-state index is 12.4. The van der Waals surface area contributed by atoms with E-state index in [1.54, 1.807) is 19.1 Å². The van der Waals surface area contributed by atoms with Gasteiger partial charge in [-0.3, -0.25) is 4.99 Å². The SMILES string of the molecule is C=CCOOCC(CC)(COOCC=C)COC(=O)NCc1ccc(CN=COOCCOC(=O)NCC)cc1. The van der Waals surface area contributed by atoms with E-state index < -0.39 is 17.6 Å². The predicted octanol–water partition coefficient (Wildman–Crippen LogP) is 3.80. The fourth-order valence-corrected chi connectivity index (χ4v) is 2.78. The van der Waals surface area contributed by atoms with E-state index in [2.05, 4.69) is 28.8 Å². The number of hydrogen-bond donors (Lipinski definition) is 2. The summed E-state index contributed by atoms with van der Waals surface area (Å²) in [4.78, 5) is 57.8. The fraction of sp³-hybridized carbons (Fsp3) is 0.519. The minimum absolute atomic E-state index is 0.0220. The molecule has 0 aromatic heterocycles. The predicted molar refractivity (Wildman–Crippen MR) is 146 cm³/mol. The molecule has 0 spiro atoms. The average Bonchev–Trinajstić information content (AvgIpc) is 2.97. The zero-order valence-electron chi connectivity index (χ0n) is 23.3. The maximum absolute atomic E-state index is 12.4. The summed E-state index contributed by atoms with van der Waals surface area (Å²) in [5.41, 5.74) is 1.12. The normalized spacial score (nSPS) is 11.2. The lowest BCUT2D eigenvalue weighted by Gasteiger charge is -2.30. The zero-order chi connectivity index (χ0) is 29.3. The Kier molecular flexibility index (Phi) is 19.3. The van der Waals surface area contributed by atoms with Crippen molar-refractivity contribution >= 4 is 18.6 Å². The fourth-order valence-electron chi connectivity index (χ4n) is 2.78. The number of hydrogen-bond acceptors (Lipinski definition) is 11. The Morgan fingerprint density at radius 3 is 2.05 bits per heavy atom. The Balaban J connectivity index is 2.38. The molecule has 1 rings (SSSR count). The van der Waals surface area contributed by atoms with E-state index in [1.165, 1.54) is 6.40 Å². The van der Waals surface area contributed by atoms with E-state index in [1.807, 2.05) is 31.2 Å². The van der Waals surface area contributed by atoms with Gasteiger partial charge in [-0.2, -0.15) is 4.89 Å². The van der Waals surface area contributed by atoms with Crippen molar-refractivity contribution in [2.24, 2.45) is 10.4 Å². The minimum atomic E-state index is -0.685. The van der Waals surface area contributed by atoms with E-state index >= 15 is 0 Å². The second kappa shape index (κ2) is 22.3. The van der Waals surface area contributed by atoms with Gasteiger partial charge < -0.3 is 25.0 Å². The number of ether oxygens (including phenoxy) is 2. The molecule has 0 saturated carbocycles. The van der Waals surface area contributed by atoms with E-state index in [-0.39, 0.29) is 52.8 Å². The number of nitrogens with zero attached hydrogens (tertiary/aromatic N) is 1. The summed E-state index contributed by atoms with van der Waals surface area (Å²) in [6.45, 7) is 12.8. The standard InChI is InChI=1S/C27H41N3O10/c1-5-13-35-38-20-27(7-3,21-39-36-14-6-2)19-34-26(32)30-18-24-11-9-23(10-12-24)17-28-22-40-37-16-15-33-25(31)29-8-4/h5-6,9-12,22H,1-2,7-8,13-21H2,3-4H3,(H,29,31)(H,30,32). The number of amides is 2. The average molecular weight is 568 g/mol. The van der Waals surface area contributed by atoms with Crippen LogP contribution in [0, 0.1) is 5.41 Å². The molecule has 0 heterocycles. The van der Waals surface area contributed by atoms with Crippen LogP contribution in [-0.2, 0) is 51.9 Å². The molecule has 0 aliphatic heterocycles. The van der Waals surface area contributed by atoms with Crippen LogP contribution in [0.5, 0.6) is 0 Å².